The monoisotopic (exact) mass is 462 g/mol. The van der Waals surface area contributed by atoms with E-state index in [-0.39, 0.29) is 35.2 Å². The lowest BCUT2D eigenvalue weighted by atomic mass is 9.95. The first-order valence-electron chi connectivity index (χ1n) is 10.2. The van der Waals surface area contributed by atoms with Crippen LogP contribution < -0.4 is 16.0 Å². The van der Waals surface area contributed by atoms with Crippen molar-refractivity contribution < 1.29 is 17.6 Å². The van der Waals surface area contributed by atoms with Crippen LogP contribution in [0.4, 0.5) is 23.4 Å². The van der Waals surface area contributed by atoms with Crippen LogP contribution in [0.25, 0.3) is 17.0 Å². The largest absolute Gasteiger partial charge is 0.434 e. The van der Waals surface area contributed by atoms with Gasteiger partial charge < -0.3 is 21.4 Å². The first kappa shape index (κ1) is 22.6. The Labute approximate surface area is 186 Å². The number of fused-ring (bicyclic) bond motifs is 1. The molecule has 0 saturated carbocycles. The number of pyridine rings is 1. The van der Waals surface area contributed by atoms with E-state index in [9.17, 15) is 17.6 Å². The molecule has 0 spiro atoms. The second kappa shape index (κ2) is 8.43. The minimum Gasteiger partial charge on any atom is -0.404 e. The SMILES string of the molecule is CC1CN(c2cc(F)cc(-c3cnc4cnc(C(F)(F)F)cn34)n2)C(C)C(/C(C=N)=C/N)N1. The highest BCUT2D eigenvalue weighted by atomic mass is 19.4. The Bertz CT molecular complexity index is 1220. The van der Waals surface area contributed by atoms with E-state index in [1.54, 1.807) is 0 Å². The van der Waals surface area contributed by atoms with Crippen LogP contribution in [0.2, 0.25) is 0 Å². The molecular formula is C21H22F4N8. The average molecular weight is 462 g/mol. The number of nitrogens with two attached hydrogens (primary N) is 1. The van der Waals surface area contributed by atoms with E-state index < -0.39 is 17.7 Å². The standard InChI is InChI=1S/C21H22F4N8/c1-11-9-32(12(2)20(30-11)13(5-26)6-27)18-4-14(22)3-15(31-18)16-7-29-19-8-28-17(10-33(16)19)21(23,24)25/h3-8,10-12,20,26,30H,9,27H2,1-2H3/b13-6+,26-5?. The first-order valence-corrected chi connectivity index (χ1v) is 10.2. The van der Waals surface area contributed by atoms with Gasteiger partial charge in [0.15, 0.2) is 11.3 Å². The number of nitrogens with one attached hydrogen (secondary N) is 2. The zero-order chi connectivity index (χ0) is 23.9. The van der Waals surface area contributed by atoms with Gasteiger partial charge in [-0.05, 0) is 13.8 Å². The van der Waals surface area contributed by atoms with Crippen molar-refractivity contribution >= 4 is 17.7 Å². The van der Waals surface area contributed by atoms with Crippen LogP contribution in [0.5, 0.6) is 0 Å². The van der Waals surface area contributed by atoms with Gasteiger partial charge in [0.25, 0.3) is 0 Å². The molecule has 0 aliphatic carbocycles. The molecule has 4 heterocycles. The van der Waals surface area contributed by atoms with Crippen molar-refractivity contribution in [2.24, 2.45) is 5.73 Å². The van der Waals surface area contributed by atoms with Gasteiger partial charge in [0, 0.05) is 54.9 Å². The molecule has 4 rings (SSSR count). The van der Waals surface area contributed by atoms with Gasteiger partial charge in [-0.25, -0.2) is 19.3 Å². The van der Waals surface area contributed by atoms with Crippen molar-refractivity contribution in [1.82, 2.24) is 24.7 Å². The highest BCUT2D eigenvalue weighted by Gasteiger charge is 2.35. The predicted molar refractivity (Wildman–Crippen MR) is 115 cm³/mol. The molecule has 0 amide bonds. The van der Waals surface area contributed by atoms with Gasteiger partial charge in [0.2, 0.25) is 0 Å². The van der Waals surface area contributed by atoms with Crippen molar-refractivity contribution in [3.8, 4) is 11.4 Å². The summed E-state index contributed by atoms with van der Waals surface area (Å²) < 4.78 is 55.3. The Kier molecular flexibility index (Phi) is 5.78. The molecule has 3 atom stereocenters. The second-order valence-electron chi connectivity index (χ2n) is 7.92. The van der Waals surface area contributed by atoms with Crippen molar-refractivity contribution in [1.29, 1.82) is 5.41 Å². The smallest absolute Gasteiger partial charge is 0.404 e. The Morgan fingerprint density at radius 1 is 1.24 bits per heavy atom. The fourth-order valence-corrected chi connectivity index (χ4v) is 4.05. The molecule has 174 valence electrons. The van der Waals surface area contributed by atoms with E-state index in [0.29, 0.717) is 17.9 Å². The number of anilines is 1. The summed E-state index contributed by atoms with van der Waals surface area (Å²) in [5.41, 5.74) is 5.67. The zero-order valence-corrected chi connectivity index (χ0v) is 17.8. The van der Waals surface area contributed by atoms with Crippen molar-refractivity contribution in [3.05, 3.63) is 54.0 Å². The van der Waals surface area contributed by atoms with Gasteiger partial charge in [-0.2, -0.15) is 13.2 Å². The number of hydrogen-bond donors (Lipinski definition) is 3. The van der Waals surface area contributed by atoms with Crippen LogP contribution >= 0.6 is 0 Å². The molecule has 0 radical (unpaired) electrons. The van der Waals surface area contributed by atoms with Crippen LogP contribution in [-0.4, -0.2) is 50.2 Å². The number of alkyl halides is 3. The molecule has 1 aliphatic rings. The molecular weight excluding hydrogens is 440 g/mol. The molecule has 1 aliphatic heterocycles. The molecule has 8 nitrogen and oxygen atoms in total. The number of aromatic nitrogens is 4. The summed E-state index contributed by atoms with van der Waals surface area (Å²) in [5, 5.41) is 11.0. The van der Waals surface area contributed by atoms with E-state index in [4.69, 9.17) is 11.1 Å². The van der Waals surface area contributed by atoms with Gasteiger partial charge in [0.1, 0.15) is 11.6 Å². The van der Waals surface area contributed by atoms with Crippen LogP contribution in [0.15, 0.2) is 42.5 Å². The lowest BCUT2D eigenvalue weighted by molar-refractivity contribution is -0.141. The predicted octanol–water partition coefficient (Wildman–Crippen LogP) is 3.00. The molecule has 0 bridgehead atoms. The first-order chi connectivity index (χ1) is 15.6. The quantitative estimate of drug-likeness (QED) is 0.406. The van der Waals surface area contributed by atoms with Crippen LogP contribution in [0.1, 0.15) is 19.5 Å². The number of nitrogens with zero attached hydrogens (tertiary/aromatic N) is 5. The van der Waals surface area contributed by atoms with Crippen molar-refractivity contribution in [2.75, 3.05) is 11.4 Å². The van der Waals surface area contributed by atoms with Crippen molar-refractivity contribution in [3.63, 3.8) is 0 Å². The fourth-order valence-electron chi connectivity index (χ4n) is 4.05. The van der Waals surface area contributed by atoms with Crippen LogP contribution in [0.3, 0.4) is 0 Å². The van der Waals surface area contributed by atoms with Crippen molar-refractivity contribution in [2.45, 2.75) is 38.1 Å². The van der Waals surface area contributed by atoms with E-state index >= 15 is 0 Å². The van der Waals surface area contributed by atoms with Crippen LogP contribution in [0, 0.1) is 11.2 Å². The number of rotatable bonds is 4. The number of piperazine rings is 1. The minimum absolute atomic E-state index is 0.0224. The lowest BCUT2D eigenvalue weighted by Gasteiger charge is -2.44. The summed E-state index contributed by atoms with van der Waals surface area (Å²) in [5.74, 6) is -0.274. The lowest BCUT2D eigenvalue weighted by Crippen LogP contribution is -2.61. The third-order valence-electron chi connectivity index (χ3n) is 5.65. The fraction of sp³-hybridized carbons (Fsp3) is 0.333. The Morgan fingerprint density at radius 2 is 2.00 bits per heavy atom. The topological polar surface area (TPSA) is 108 Å². The van der Waals surface area contributed by atoms with E-state index in [1.165, 1.54) is 29.1 Å². The van der Waals surface area contributed by atoms with E-state index in [2.05, 4.69) is 20.3 Å². The number of halogens is 4. The maximum atomic E-state index is 14.7. The average Bonchev–Trinajstić information content (AvgIpc) is 3.19. The minimum atomic E-state index is -4.64. The summed E-state index contributed by atoms with van der Waals surface area (Å²) >= 11 is 0. The van der Waals surface area contributed by atoms with E-state index in [1.807, 2.05) is 18.7 Å². The molecule has 4 N–H and O–H groups in total. The van der Waals surface area contributed by atoms with Crippen LogP contribution in [-0.2, 0) is 6.18 Å². The molecule has 1 saturated heterocycles. The van der Waals surface area contributed by atoms with Gasteiger partial charge in [-0.15, -0.1) is 0 Å². The third kappa shape index (κ3) is 4.25. The highest BCUT2D eigenvalue weighted by molar-refractivity contribution is 5.78. The molecule has 12 heteroatoms. The zero-order valence-electron chi connectivity index (χ0n) is 17.8. The summed E-state index contributed by atoms with van der Waals surface area (Å²) in [7, 11) is 0. The molecule has 1 fully saturated rings. The van der Waals surface area contributed by atoms with Gasteiger partial charge >= 0.3 is 6.18 Å². The van der Waals surface area contributed by atoms with Gasteiger partial charge in [-0.1, -0.05) is 0 Å². The van der Waals surface area contributed by atoms with E-state index in [0.717, 1.165) is 18.5 Å². The maximum Gasteiger partial charge on any atom is 0.434 e. The molecule has 3 aromatic rings. The molecule has 3 unspecified atom stereocenters. The molecule has 0 aromatic carbocycles. The summed E-state index contributed by atoms with van der Waals surface area (Å²) in [6.45, 7) is 4.34. The Morgan fingerprint density at radius 3 is 2.67 bits per heavy atom. The Balaban J connectivity index is 1.78. The van der Waals surface area contributed by atoms with Gasteiger partial charge in [0.05, 0.1) is 29.8 Å². The molecule has 33 heavy (non-hydrogen) atoms. The maximum absolute atomic E-state index is 14.7. The summed E-state index contributed by atoms with van der Waals surface area (Å²) in [4.78, 5) is 13.9. The molecule has 3 aromatic heterocycles. The number of hydrogen-bond acceptors (Lipinski definition) is 7. The Hall–Kier alpha value is -3.54. The second-order valence-corrected chi connectivity index (χ2v) is 7.92. The highest BCUT2D eigenvalue weighted by Crippen LogP contribution is 2.30. The summed E-state index contributed by atoms with van der Waals surface area (Å²) in [6, 6.07) is 1.88. The normalized spacial score (nSPS) is 22.1. The third-order valence-corrected chi connectivity index (χ3v) is 5.65. The number of imidazole rings is 1. The van der Waals surface area contributed by atoms with Gasteiger partial charge in [-0.3, -0.25) is 4.40 Å². The summed E-state index contributed by atoms with van der Waals surface area (Å²) in [6.07, 6.45) is 1.04.